The highest BCUT2D eigenvalue weighted by Crippen LogP contribution is 2.18. The molecular formula is C20H25FN6O. The van der Waals surface area contributed by atoms with E-state index in [1.165, 1.54) is 12.1 Å². The molecule has 0 fully saturated rings. The molecular weight excluding hydrogens is 359 g/mol. The van der Waals surface area contributed by atoms with E-state index in [1.54, 1.807) is 30.6 Å². The van der Waals surface area contributed by atoms with Gasteiger partial charge in [-0.3, -0.25) is 9.79 Å². The van der Waals surface area contributed by atoms with E-state index in [0.717, 1.165) is 11.1 Å². The van der Waals surface area contributed by atoms with Gasteiger partial charge in [-0.25, -0.2) is 14.4 Å². The first-order valence-electron chi connectivity index (χ1n) is 8.75. The number of halogens is 1. The van der Waals surface area contributed by atoms with E-state index in [1.807, 2.05) is 30.9 Å². The maximum Gasteiger partial charge on any atom is 0.226 e. The lowest BCUT2D eigenvalue weighted by atomic mass is 10.2. The second-order valence-electron chi connectivity index (χ2n) is 6.74. The van der Waals surface area contributed by atoms with E-state index < -0.39 is 0 Å². The molecule has 3 rings (SSSR count). The van der Waals surface area contributed by atoms with Gasteiger partial charge in [0.05, 0.1) is 13.1 Å². The molecule has 0 aliphatic carbocycles. The molecule has 8 heteroatoms. The van der Waals surface area contributed by atoms with Gasteiger partial charge in [-0.15, -0.1) is 0 Å². The molecule has 1 aromatic heterocycles. The molecule has 148 valence electrons. The number of hydrogen-bond donors (Lipinski definition) is 1. The van der Waals surface area contributed by atoms with Crippen molar-refractivity contribution < 1.29 is 9.18 Å². The normalized spacial score (nSPS) is 13.8. The molecule has 0 radical (unpaired) electrons. The molecule has 0 bridgehead atoms. The van der Waals surface area contributed by atoms with Crippen LogP contribution in [0.3, 0.4) is 0 Å². The van der Waals surface area contributed by atoms with Gasteiger partial charge in [0, 0.05) is 30.2 Å². The Morgan fingerprint density at radius 1 is 1.21 bits per heavy atom. The lowest BCUT2D eigenvalue weighted by Crippen LogP contribution is -2.24. The molecule has 1 aromatic carbocycles. The first kappa shape index (κ1) is 21.2. The van der Waals surface area contributed by atoms with Gasteiger partial charge in [-0.1, -0.05) is 12.1 Å². The van der Waals surface area contributed by atoms with Crippen molar-refractivity contribution in [2.75, 3.05) is 39.1 Å². The van der Waals surface area contributed by atoms with Gasteiger partial charge >= 0.3 is 0 Å². The number of nitrogens with two attached hydrogens (primary N) is 1. The van der Waals surface area contributed by atoms with E-state index in [0.29, 0.717) is 43.3 Å². The number of hydrogen-bond acceptors (Lipinski definition) is 7. The molecule has 0 saturated heterocycles. The van der Waals surface area contributed by atoms with Crippen LogP contribution in [-0.4, -0.2) is 61.6 Å². The fraction of sp³-hybridized carbons (Fsp3) is 0.300. The van der Waals surface area contributed by atoms with Crippen LogP contribution in [0.4, 0.5) is 10.3 Å². The van der Waals surface area contributed by atoms with Crippen molar-refractivity contribution in [2.45, 2.75) is 6.54 Å². The average molecular weight is 384 g/mol. The smallest absolute Gasteiger partial charge is 0.226 e. The molecule has 7 nitrogen and oxygen atoms in total. The van der Waals surface area contributed by atoms with Crippen molar-refractivity contribution in [3.05, 3.63) is 64.9 Å². The number of rotatable bonds is 5. The molecule has 2 heterocycles. The average Bonchev–Trinajstić information content (AvgIpc) is 3.04. The van der Waals surface area contributed by atoms with Gasteiger partial charge in [-0.05, 0) is 44.9 Å². The quantitative estimate of drug-likeness (QED) is 0.626. The van der Waals surface area contributed by atoms with E-state index in [2.05, 4.69) is 15.0 Å². The molecule has 0 spiro atoms. The van der Waals surface area contributed by atoms with E-state index in [4.69, 9.17) is 5.73 Å². The molecule has 1 aliphatic heterocycles. The predicted octanol–water partition coefficient (Wildman–Crippen LogP) is 1.91. The maximum absolute atomic E-state index is 12.9. The second kappa shape index (κ2) is 10.3. The van der Waals surface area contributed by atoms with Crippen LogP contribution in [0, 0.1) is 5.82 Å². The molecule has 1 aliphatic rings. The Morgan fingerprint density at radius 3 is 2.54 bits per heavy atom. The lowest BCUT2D eigenvalue weighted by Gasteiger charge is -2.15. The van der Waals surface area contributed by atoms with Crippen LogP contribution in [-0.2, 0) is 6.54 Å². The minimum atomic E-state index is -0.265. The highest BCUT2D eigenvalue weighted by molar-refractivity contribution is 5.82. The highest BCUT2D eigenvalue weighted by atomic mass is 19.1. The highest BCUT2D eigenvalue weighted by Gasteiger charge is 2.21. The Labute approximate surface area is 164 Å². The van der Waals surface area contributed by atoms with Crippen LogP contribution in [0.1, 0.15) is 16.1 Å². The first-order chi connectivity index (χ1) is 13.4. The van der Waals surface area contributed by atoms with E-state index in [-0.39, 0.29) is 5.82 Å². The van der Waals surface area contributed by atoms with Crippen molar-refractivity contribution in [3.63, 3.8) is 0 Å². The summed E-state index contributed by atoms with van der Waals surface area (Å²) < 4.78 is 12.9. The van der Waals surface area contributed by atoms with Gasteiger partial charge in [0.15, 0.2) is 6.29 Å². The molecule has 0 unspecified atom stereocenters. The molecule has 28 heavy (non-hydrogen) atoms. The number of carbonyl (C=O) groups excluding carboxylic acids is 1. The largest absolute Gasteiger partial charge is 0.400 e. The third kappa shape index (κ3) is 6.55. The minimum absolute atomic E-state index is 0.265. The summed E-state index contributed by atoms with van der Waals surface area (Å²) in [6.45, 7) is 1.47. The lowest BCUT2D eigenvalue weighted by molar-refractivity contribution is 0.111. The Kier molecular flexibility index (Phi) is 7.76. The van der Waals surface area contributed by atoms with Gasteiger partial charge < -0.3 is 15.5 Å². The molecule has 0 amide bonds. The maximum atomic E-state index is 12.9. The summed E-state index contributed by atoms with van der Waals surface area (Å²) in [5.41, 5.74) is 8.88. The number of nitrogens with zero attached hydrogens (tertiary/aromatic N) is 5. The topological polar surface area (TPSA) is 87.7 Å². The van der Waals surface area contributed by atoms with Crippen molar-refractivity contribution >= 4 is 18.4 Å². The van der Waals surface area contributed by atoms with Crippen molar-refractivity contribution in [1.82, 2.24) is 14.9 Å². The molecule has 0 atom stereocenters. The summed E-state index contributed by atoms with van der Waals surface area (Å²) in [4.78, 5) is 27.4. The number of aliphatic imine (C=N–C) groups is 1. The summed E-state index contributed by atoms with van der Waals surface area (Å²) in [5, 5.41) is 0. The monoisotopic (exact) mass is 384 g/mol. The fourth-order valence-electron chi connectivity index (χ4n) is 2.37. The van der Waals surface area contributed by atoms with Gasteiger partial charge in [0.25, 0.3) is 0 Å². The third-order valence-corrected chi connectivity index (χ3v) is 3.64. The van der Waals surface area contributed by atoms with Crippen LogP contribution in [0.15, 0.2) is 52.8 Å². The summed E-state index contributed by atoms with van der Waals surface area (Å²) in [7, 11) is 6.00. The van der Waals surface area contributed by atoms with Crippen molar-refractivity contribution in [2.24, 2.45) is 10.7 Å². The SMILES string of the molecule is CN(C)C.NC1=C(C=NCc2ccc(F)cc2)CN(c2nccc(C=O)n2)C1. The Balaban J connectivity index is 0.000000640. The summed E-state index contributed by atoms with van der Waals surface area (Å²) >= 11 is 0. The number of anilines is 1. The van der Waals surface area contributed by atoms with Crippen LogP contribution in [0.5, 0.6) is 0 Å². The predicted molar refractivity (Wildman–Crippen MR) is 109 cm³/mol. The van der Waals surface area contributed by atoms with Gasteiger partial charge in [0.2, 0.25) is 5.95 Å². The fourth-order valence-corrected chi connectivity index (χ4v) is 2.37. The van der Waals surface area contributed by atoms with Gasteiger partial charge in [0.1, 0.15) is 11.5 Å². The first-order valence-corrected chi connectivity index (χ1v) is 8.75. The number of aromatic nitrogens is 2. The minimum Gasteiger partial charge on any atom is -0.400 e. The van der Waals surface area contributed by atoms with Crippen LogP contribution >= 0.6 is 0 Å². The number of benzene rings is 1. The van der Waals surface area contributed by atoms with E-state index in [9.17, 15) is 9.18 Å². The summed E-state index contributed by atoms with van der Waals surface area (Å²) in [6, 6.07) is 7.77. The Bertz CT molecular complexity index is 845. The molecule has 2 N–H and O–H groups in total. The standard InChI is InChI=1S/C17H16FN5O.C3H9N/c18-14-3-1-12(2-4-14)7-20-8-13-9-23(10-16(13)19)17-21-6-5-15(11-24)22-17;1-4(2)3/h1-6,8,11H,7,9-10,19H2;1-3H3. The zero-order chi connectivity index (χ0) is 20.5. The Morgan fingerprint density at radius 2 is 1.89 bits per heavy atom. The van der Waals surface area contributed by atoms with Crippen molar-refractivity contribution in [3.8, 4) is 0 Å². The summed E-state index contributed by atoms with van der Waals surface area (Å²) in [6.07, 6.45) is 3.95. The number of carbonyl (C=O) groups is 1. The third-order valence-electron chi connectivity index (χ3n) is 3.64. The number of aldehydes is 1. The Hall–Kier alpha value is -3.13. The van der Waals surface area contributed by atoms with Crippen LogP contribution in [0.2, 0.25) is 0 Å². The van der Waals surface area contributed by atoms with E-state index >= 15 is 0 Å². The summed E-state index contributed by atoms with van der Waals surface area (Å²) in [5.74, 6) is 0.197. The molecule has 0 saturated carbocycles. The zero-order valence-electron chi connectivity index (χ0n) is 16.3. The molecule has 2 aromatic rings. The van der Waals surface area contributed by atoms with Crippen molar-refractivity contribution in [1.29, 1.82) is 0 Å². The second-order valence-corrected chi connectivity index (χ2v) is 6.74. The van der Waals surface area contributed by atoms with Crippen LogP contribution in [0.25, 0.3) is 0 Å². The zero-order valence-corrected chi connectivity index (χ0v) is 16.3. The van der Waals surface area contributed by atoms with Gasteiger partial charge in [-0.2, -0.15) is 0 Å². The van der Waals surface area contributed by atoms with Crippen LogP contribution < -0.4 is 10.6 Å².